The van der Waals surface area contributed by atoms with Crippen molar-refractivity contribution in [1.82, 2.24) is 15.3 Å². The molecule has 0 radical (unpaired) electrons. The van der Waals surface area contributed by atoms with Crippen LogP contribution in [0.15, 0.2) is 60.8 Å². The molecule has 5 nitrogen and oxygen atoms in total. The van der Waals surface area contributed by atoms with E-state index in [1.807, 2.05) is 43.3 Å². The van der Waals surface area contributed by atoms with Crippen LogP contribution in [0.5, 0.6) is 0 Å². The van der Waals surface area contributed by atoms with Gasteiger partial charge in [0.2, 0.25) is 0 Å². The smallest absolute Gasteiger partial charge is 0.251 e. The van der Waals surface area contributed by atoms with Crippen molar-refractivity contribution in [3.63, 3.8) is 0 Å². The van der Waals surface area contributed by atoms with E-state index >= 15 is 0 Å². The number of nitrogens with zero attached hydrogens (tertiary/aromatic N) is 2. The van der Waals surface area contributed by atoms with Gasteiger partial charge in [-0.1, -0.05) is 36.4 Å². The van der Waals surface area contributed by atoms with E-state index in [0.717, 1.165) is 11.3 Å². The molecule has 1 amide bonds. The third-order valence-electron chi connectivity index (χ3n) is 3.69. The number of amides is 1. The average Bonchev–Trinajstić information content (AvgIpc) is 3.13. The zero-order chi connectivity index (χ0) is 16.9. The molecule has 0 saturated heterocycles. The van der Waals surface area contributed by atoms with Gasteiger partial charge in [0.05, 0.1) is 29.6 Å². The zero-order valence-electron chi connectivity index (χ0n) is 13.2. The van der Waals surface area contributed by atoms with E-state index in [9.17, 15) is 4.79 Å². The summed E-state index contributed by atoms with van der Waals surface area (Å²) < 4.78 is 0. The molecule has 0 aliphatic heterocycles. The number of aromatic nitrogens is 2. The molecule has 0 fully saturated rings. The molecule has 0 spiro atoms. The van der Waals surface area contributed by atoms with Crippen molar-refractivity contribution in [2.75, 3.05) is 0 Å². The molecule has 3 aromatic rings. The van der Waals surface area contributed by atoms with Crippen molar-refractivity contribution in [3.05, 3.63) is 77.7 Å². The fourth-order valence-electron chi connectivity index (χ4n) is 2.40. The second-order valence-electron chi connectivity index (χ2n) is 5.44. The minimum atomic E-state index is -0.277. The number of nitriles is 1. The number of hydrogen-bond acceptors (Lipinski definition) is 3. The number of carbonyl (C=O) groups is 1. The number of imidazole rings is 1. The highest BCUT2D eigenvalue weighted by atomic mass is 16.1. The summed E-state index contributed by atoms with van der Waals surface area (Å²) in [6, 6.07) is 18.2. The normalized spacial score (nSPS) is 11.5. The van der Waals surface area contributed by atoms with E-state index in [0.29, 0.717) is 17.0 Å². The maximum absolute atomic E-state index is 12.3. The largest absolute Gasteiger partial charge is 0.342 e. The quantitative estimate of drug-likeness (QED) is 0.773. The second-order valence-corrected chi connectivity index (χ2v) is 5.44. The minimum Gasteiger partial charge on any atom is -0.342 e. The number of H-pyrrole nitrogens is 1. The van der Waals surface area contributed by atoms with Crippen LogP contribution in [-0.2, 0) is 0 Å². The first kappa shape index (κ1) is 15.5. The molecule has 118 valence electrons. The fraction of sp³-hybridized carbons (Fsp3) is 0.105. The molecular formula is C19H16N4O. The van der Waals surface area contributed by atoms with Gasteiger partial charge < -0.3 is 10.3 Å². The van der Waals surface area contributed by atoms with Gasteiger partial charge in [0, 0.05) is 5.56 Å². The maximum atomic E-state index is 12.3. The standard InChI is InChI=1S/C19H16N4O/c1-13(22-19(24)16-9-5-6-14(10-16)11-20)18-21-12-17(23-18)15-7-3-2-4-8-15/h2-10,12-13H,1H3,(H,21,23)(H,22,24). The van der Waals surface area contributed by atoms with Gasteiger partial charge >= 0.3 is 0 Å². The monoisotopic (exact) mass is 316 g/mol. The van der Waals surface area contributed by atoms with Gasteiger partial charge in [0.25, 0.3) is 5.91 Å². The first-order chi connectivity index (χ1) is 11.7. The highest BCUT2D eigenvalue weighted by molar-refractivity contribution is 5.94. The van der Waals surface area contributed by atoms with Crippen LogP contribution in [0, 0.1) is 11.3 Å². The van der Waals surface area contributed by atoms with Crippen molar-refractivity contribution in [2.24, 2.45) is 0 Å². The first-order valence-electron chi connectivity index (χ1n) is 7.58. The van der Waals surface area contributed by atoms with Crippen molar-refractivity contribution < 1.29 is 4.79 Å². The lowest BCUT2D eigenvalue weighted by Gasteiger charge is -2.11. The summed E-state index contributed by atoms with van der Waals surface area (Å²) in [5, 5.41) is 11.8. The van der Waals surface area contributed by atoms with E-state index < -0.39 is 0 Å². The fourth-order valence-corrected chi connectivity index (χ4v) is 2.40. The Kier molecular flexibility index (Phi) is 4.39. The van der Waals surface area contributed by atoms with Crippen LogP contribution in [0.3, 0.4) is 0 Å². The molecule has 2 N–H and O–H groups in total. The molecule has 5 heteroatoms. The SMILES string of the molecule is CC(NC(=O)c1cccc(C#N)c1)c1ncc(-c2ccccc2)[nH]1. The summed E-state index contributed by atoms with van der Waals surface area (Å²) in [5.74, 6) is 0.441. The van der Waals surface area contributed by atoms with Gasteiger partial charge in [-0.2, -0.15) is 5.26 Å². The average molecular weight is 316 g/mol. The van der Waals surface area contributed by atoms with Crippen LogP contribution >= 0.6 is 0 Å². The predicted octanol–water partition coefficient (Wildman–Crippen LogP) is 3.44. The van der Waals surface area contributed by atoms with Crippen molar-refractivity contribution in [2.45, 2.75) is 13.0 Å². The molecule has 0 aliphatic rings. The van der Waals surface area contributed by atoms with Gasteiger partial charge in [0.1, 0.15) is 5.82 Å². The molecule has 1 heterocycles. The van der Waals surface area contributed by atoms with Crippen LogP contribution in [0.1, 0.15) is 34.7 Å². The lowest BCUT2D eigenvalue weighted by molar-refractivity contribution is 0.0938. The molecule has 0 bridgehead atoms. The minimum absolute atomic E-state index is 0.239. The molecule has 3 rings (SSSR count). The Bertz CT molecular complexity index is 893. The number of rotatable bonds is 4. The van der Waals surface area contributed by atoms with E-state index in [1.54, 1.807) is 30.5 Å². The molecule has 2 aromatic carbocycles. The lowest BCUT2D eigenvalue weighted by atomic mass is 10.1. The van der Waals surface area contributed by atoms with E-state index in [-0.39, 0.29) is 11.9 Å². The highest BCUT2D eigenvalue weighted by Gasteiger charge is 2.15. The molecule has 24 heavy (non-hydrogen) atoms. The Labute approximate surface area is 140 Å². The van der Waals surface area contributed by atoms with Crippen LogP contribution in [0.2, 0.25) is 0 Å². The number of benzene rings is 2. The number of aromatic amines is 1. The molecule has 0 saturated carbocycles. The van der Waals surface area contributed by atoms with E-state index in [2.05, 4.69) is 15.3 Å². The number of nitrogens with one attached hydrogen (secondary N) is 2. The second kappa shape index (κ2) is 6.80. The molecule has 1 atom stereocenters. The summed E-state index contributed by atoms with van der Waals surface area (Å²) in [6.07, 6.45) is 1.75. The van der Waals surface area contributed by atoms with Crippen LogP contribution < -0.4 is 5.32 Å². The Morgan fingerprint density at radius 1 is 1.21 bits per heavy atom. The topological polar surface area (TPSA) is 81.6 Å². The first-order valence-corrected chi connectivity index (χ1v) is 7.58. The number of carbonyl (C=O) groups excluding carboxylic acids is 1. The van der Waals surface area contributed by atoms with Crippen molar-refractivity contribution in [1.29, 1.82) is 5.26 Å². The Balaban J connectivity index is 1.73. The summed E-state index contributed by atoms with van der Waals surface area (Å²) >= 11 is 0. The predicted molar refractivity (Wildman–Crippen MR) is 91.1 cm³/mol. The summed E-state index contributed by atoms with van der Waals surface area (Å²) in [6.45, 7) is 1.86. The Morgan fingerprint density at radius 3 is 2.75 bits per heavy atom. The molecular weight excluding hydrogens is 300 g/mol. The summed E-state index contributed by atoms with van der Waals surface area (Å²) in [4.78, 5) is 19.9. The maximum Gasteiger partial charge on any atom is 0.251 e. The Morgan fingerprint density at radius 2 is 2.00 bits per heavy atom. The van der Waals surface area contributed by atoms with Gasteiger partial charge in [-0.3, -0.25) is 4.79 Å². The van der Waals surface area contributed by atoms with Crippen LogP contribution in [0.4, 0.5) is 0 Å². The van der Waals surface area contributed by atoms with Gasteiger partial charge in [0.15, 0.2) is 0 Å². The van der Waals surface area contributed by atoms with Crippen molar-refractivity contribution >= 4 is 5.91 Å². The summed E-state index contributed by atoms with van der Waals surface area (Å²) in [5.41, 5.74) is 2.85. The van der Waals surface area contributed by atoms with Crippen molar-refractivity contribution in [3.8, 4) is 17.3 Å². The lowest BCUT2D eigenvalue weighted by Crippen LogP contribution is -2.27. The molecule has 1 unspecified atom stereocenters. The third kappa shape index (κ3) is 3.33. The van der Waals surface area contributed by atoms with Crippen LogP contribution in [-0.4, -0.2) is 15.9 Å². The highest BCUT2D eigenvalue weighted by Crippen LogP contribution is 2.19. The Hall–Kier alpha value is -3.39. The van der Waals surface area contributed by atoms with Crippen LogP contribution in [0.25, 0.3) is 11.3 Å². The van der Waals surface area contributed by atoms with Gasteiger partial charge in [-0.05, 0) is 30.7 Å². The molecule has 0 aliphatic carbocycles. The third-order valence-corrected chi connectivity index (χ3v) is 3.69. The van der Waals surface area contributed by atoms with Gasteiger partial charge in [-0.25, -0.2) is 4.98 Å². The van der Waals surface area contributed by atoms with Gasteiger partial charge in [-0.15, -0.1) is 0 Å². The van der Waals surface area contributed by atoms with E-state index in [1.165, 1.54) is 0 Å². The van der Waals surface area contributed by atoms with E-state index in [4.69, 9.17) is 5.26 Å². The summed E-state index contributed by atoms with van der Waals surface area (Å²) in [7, 11) is 0. The molecule has 1 aromatic heterocycles. The zero-order valence-corrected chi connectivity index (χ0v) is 13.2. The number of hydrogen-bond donors (Lipinski definition) is 2.